The number of amides is 1. The summed E-state index contributed by atoms with van der Waals surface area (Å²) < 4.78 is 0. The van der Waals surface area contributed by atoms with Crippen LogP contribution in [0.15, 0.2) is 0 Å². The summed E-state index contributed by atoms with van der Waals surface area (Å²) in [4.78, 5) is 16.6. The van der Waals surface area contributed by atoms with Crippen molar-refractivity contribution in [1.29, 1.82) is 0 Å². The maximum atomic E-state index is 11.5. The Morgan fingerprint density at radius 1 is 1.14 bits per heavy atom. The Bertz CT molecular complexity index is 354. The van der Waals surface area contributed by atoms with Gasteiger partial charge >= 0.3 is 0 Å². The lowest BCUT2D eigenvalue weighted by molar-refractivity contribution is -0.125. The number of rotatable bonds is 3. The minimum atomic E-state index is 0.129. The summed E-state index contributed by atoms with van der Waals surface area (Å²) in [6.07, 6.45) is 6.36. The summed E-state index contributed by atoms with van der Waals surface area (Å²) in [5.74, 6) is 1.94. The number of hydrogen-bond acceptors (Lipinski definition) is 4. The lowest BCUT2D eigenvalue weighted by Gasteiger charge is -2.42. The molecule has 1 amide bonds. The molecule has 1 saturated carbocycles. The maximum Gasteiger partial charge on any atom is 0.235 e. The predicted octanol–water partition coefficient (Wildman–Crippen LogP) is 0.823. The lowest BCUT2D eigenvalue weighted by Crippen LogP contribution is -2.59. The van der Waals surface area contributed by atoms with Crippen molar-refractivity contribution in [1.82, 2.24) is 20.7 Å². The highest BCUT2D eigenvalue weighted by molar-refractivity contribution is 5.76. The molecule has 120 valence electrons. The molecule has 2 heterocycles. The van der Waals surface area contributed by atoms with Crippen LogP contribution in [0.1, 0.15) is 39.0 Å². The molecule has 2 N–H and O–H groups in total. The van der Waals surface area contributed by atoms with Crippen LogP contribution in [0.2, 0.25) is 0 Å². The quantitative estimate of drug-likeness (QED) is 0.809. The van der Waals surface area contributed by atoms with E-state index < -0.39 is 0 Å². The Morgan fingerprint density at radius 2 is 1.90 bits per heavy atom. The molecule has 2 saturated heterocycles. The molecule has 3 aliphatic rings. The average molecular weight is 294 g/mol. The third-order valence-corrected chi connectivity index (χ3v) is 5.69. The standard InChI is InChI=1S/C16H30N4O/c1-13-4-2-3-5-14(13)12-19-6-8-20(9-7-19)15-10-16(21)18-17-11-15/h13-15,17H,2-12H2,1H3,(H,18,21). The van der Waals surface area contributed by atoms with Crippen LogP contribution in [-0.4, -0.2) is 61.0 Å². The van der Waals surface area contributed by atoms with Gasteiger partial charge in [0.05, 0.1) is 0 Å². The summed E-state index contributed by atoms with van der Waals surface area (Å²) in [6, 6.07) is 0.384. The number of carbonyl (C=O) groups excluding carboxylic acids is 1. The fourth-order valence-electron chi connectivity index (χ4n) is 4.17. The van der Waals surface area contributed by atoms with Crippen molar-refractivity contribution in [2.75, 3.05) is 39.3 Å². The van der Waals surface area contributed by atoms with Crippen molar-refractivity contribution in [3.05, 3.63) is 0 Å². The van der Waals surface area contributed by atoms with E-state index >= 15 is 0 Å². The van der Waals surface area contributed by atoms with Crippen LogP contribution < -0.4 is 10.9 Å². The number of carbonyl (C=O) groups is 1. The van der Waals surface area contributed by atoms with Crippen LogP contribution in [0.5, 0.6) is 0 Å². The number of nitrogens with one attached hydrogen (secondary N) is 2. The summed E-state index contributed by atoms with van der Waals surface area (Å²) in [6.45, 7) is 9.17. The molecule has 5 nitrogen and oxygen atoms in total. The Morgan fingerprint density at radius 3 is 2.62 bits per heavy atom. The van der Waals surface area contributed by atoms with E-state index in [1.54, 1.807) is 0 Å². The van der Waals surface area contributed by atoms with E-state index in [2.05, 4.69) is 27.6 Å². The summed E-state index contributed by atoms with van der Waals surface area (Å²) in [5, 5.41) is 0. The van der Waals surface area contributed by atoms with Gasteiger partial charge in [0.2, 0.25) is 5.91 Å². The van der Waals surface area contributed by atoms with E-state index in [9.17, 15) is 4.79 Å². The minimum absolute atomic E-state index is 0.129. The van der Waals surface area contributed by atoms with Gasteiger partial charge in [0.15, 0.2) is 0 Å². The van der Waals surface area contributed by atoms with Gasteiger partial charge in [-0.3, -0.25) is 15.1 Å². The van der Waals surface area contributed by atoms with E-state index in [-0.39, 0.29) is 5.91 Å². The van der Waals surface area contributed by atoms with Crippen LogP contribution in [0.4, 0.5) is 0 Å². The van der Waals surface area contributed by atoms with Gasteiger partial charge in [-0.05, 0) is 18.3 Å². The molecule has 3 rings (SSSR count). The van der Waals surface area contributed by atoms with E-state index in [0.717, 1.165) is 31.5 Å². The number of hydrazine groups is 1. The molecular formula is C16H30N4O. The third-order valence-electron chi connectivity index (χ3n) is 5.69. The van der Waals surface area contributed by atoms with E-state index in [1.807, 2.05) is 0 Å². The zero-order valence-electron chi connectivity index (χ0n) is 13.3. The van der Waals surface area contributed by atoms with Crippen LogP contribution in [0.3, 0.4) is 0 Å². The van der Waals surface area contributed by atoms with Crippen molar-refractivity contribution in [2.24, 2.45) is 11.8 Å². The van der Waals surface area contributed by atoms with Gasteiger partial charge in [-0.15, -0.1) is 0 Å². The fourth-order valence-corrected chi connectivity index (χ4v) is 4.17. The van der Waals surface area contributed by atoms with Crippen LogP contribution in [0.25, 0.3) is 0 Å². The molecule has 0 bridgehead atoms. The van der Waals surface area contributed by atoms with Gasteiger partial charge in [-0.25, -0.2) is 5.43 Å². The van der Waals surface area contributed by atoms with Gasteiger partial charge in [0.1, 0.15) is 0 Å². The summed E-state index contributed by atoms with van der Waals surface area (Å²) >= 11 is 0. The smallest absolute Gasteiger partial charge is 0.235 e. The van der Waals surface area contributed by atoms with Gasteiger partial charge < -0.3 is 4.90 Å². The van der Waals surface area contributed by atoms with Crippen LogP contribution in [-0.2, 0) is 4.79 Å². The van der Waals surface area contributed by atoms with Crippen molar-refractivity contribution in [2.45, 2.75) is 45.1 Å². The second-order valence-electron chi connectivity index (χ2n) is 7.15. The highest BCUT2D eigenvalue weighted by Crippen LogP contribution is 2.30. The maximum absolute atomic E-state index is 11.5. The van der Waals surface area contributed by atoms with Crippen molar-refractivity contribution >= 4 is 5.91 Å². The predicted molar refractivity (Wildman–Crippen MR) is 83.7 cm³/mol. The molecule has 0 aromatic rings. The number of nitrogens with zero attached hydrogens (tertiary/aromatic N) is 2. The molecule has 0 aromatic carbocycles. The first-order valence-electron chi connectivity index (χ1n) is 8.70. The van der Waals surface area contributed by atoms with Gasteiger partial charge in [0.25, 0.3) is 0 Å². The first-order valence-corrected chi connectivity index (χ1v) is 8.70. The van der Waals surface area contributed by atoms with Crippen molar-refractivity contribution in [3.8, 4) is 0 Å². The van der Waals surface area contributed by atoms with Gasteiger partial charge in [-0.2, -0.15) is 0 Å². The molecule has 1 aliphatic carbocycles. The summed E-state index contributed by atoms with van der Waals surface area (Å²) in [7, 11) is 0. The molecule has 0 radical (unpaired) electrons. The highest BCUT2D eigenvalue weighted by Gasteiger charge is 2.29. The average Bonchev–Trinajstić information content (AvgIpc) is 2.50. The molecule has 3 unspecified atom stereocenters. The number of hydrogen-bond donors (Lipinski definition) is 2. The van der Waals surface area contributed by atoms with Gasteiger partial charge in [0, 0.05) is 51.7 Å². The minimum Gasteiger partial charge on any atom is -0.301 e. The van der Waals surface area contributed by atoms with Crippen molar-refractivity contribution < 1.29 is 4.79 Å². The molecule has 21 heavy (non-hydrogen) atoms. The largest absolute Gasteiger partial charge is 0.301 e. The SMILES string of the molecule is CC1CCCCC1CN1CCN(C2CNNC(=O)C2)CC1. The summed E-state index contributed by atoms with van der Waals surface area (Å²) in [5.41, 5.74) is 5.70. The first kappa shape index (κ1) is 15.3. The van der Waals surface area contributed by atoms with E-state index in [0.29, 0.717) is 12.5 Å². The van der Waals surface area contributed by atoms with E-state index in [1.165, 1.54) is 45.3 Å². The highest BCUT2D eigenvalue weighted by atomic mass is 16.2. The number of piperazine rings is 1. The third kappa shape index (κ3) is 3.96. The topological polar surface area (TPSA) is 47.6 Å². The molecule has 5 heteroatoms. The molecule has 3 fully saturated rings. The molecule has 0 spiro atoms. The Kier molecular flexibility index (Phi) is 5.14. The Hall–Kier alpha value is -0.650. The molecule has 0 aromatic heterocycles. The Labute approximate surface area is 128 Å². The zero-order valence-corrected chi connectivity index (χ0v) is 13.3. The first-order chi connectivity index (χ1) is 10.2. The monoisotopic (exact) mass is 294 g/mol. The zero-order chi connectivity index (χ0) is 14.7. The fraction of sp³-hybridized carbons (Fsp3) is 0.938. The van der Waals surface area contributed by atoms with Gasteiger partial charge in [-0.1, -0.05) is 26.2 Å². The molecule has 3 atom stereocenters. The van der Waals surface area contributed by atoms with Crippen molar-refractivity contribution in [3.63, 3.8) is 0 Å². The lowest BCUT2D eigenvalue weighted by atomic mass is 9.80. The molecular weight excluding hydrogens is 264 g/mol. The van der Waals surface area contributed by atoms with Crippen LogP contribution in [0, 0.1) is 11.8 Å². The van der Waals surface area contributed by atoms with E-state index in [4.69, 9.17) is 0 Å². The second kappa shape index (κ2) is 7.07. The normalized spacial score (nSPS) is 36.4. The molecule has 2 aliphatic heterocycles. The second-order valence-corrected chi connectivity index (χ2v) is 7.15. The van der Waals surface area contributed by atoms with Crippen LogP contribution >= 0.6 is 0 Å². The Balaban J connectivity index is 1.43.